The number of pyridine rings is 1. The molecule has 0 saturated carbocycles. The second-order valence-corrected chi connectivity index (χ2v) is 5.27. The standard InChI is InChI=1S/C15H11N3O3S/c19-9-4-5-10(13(20)7-9)12-8-22-15(17-12)18-14(21)11-3-1-2-6-16-11/h1-8,19-20H,(H,17,18,21). The van der Waals surface area contributed by atoms with Gasteiger partial charge in [0.05, 0.1) is 5.69 Å². The Labute approximate surface area is 129 Å². The summed E-state index contributed by atoms with van der Waals surface area (Å²) in [6.45, 7) is 0. The summed E-state index contributed by atoms with van der Waals surface area (Å²) < 4.78 is 0. The number of rotatable bonds is 3. The number of hydrogen-bond donors (Lipinski definition) is 3. The molecule has 6 nitrogen and oxygen atoms in total. The first-order chi connectivity index (χ1) is 10.6. The number of benzene rings is 1. The van der Waals surface area contributed by atoms with E-state index in [2.05, 4.69) is 15.3 Å². The van der Waals surface area contributed by atoms with Crippen LogP contribution in [0.2, 0.25) is 0 Å². The Morgan fingerprint density at radius 1 is 1.18 bits per heavy atom. The van der Waals surface area contributed by atoms with Crippen LogP contribution >= 0.6 is 11.3 Å². The van der Waals surface area contributed by atoms with Gasteiger partial charge >= 0.3 is 0 Å². The van der Waals surface area contributed by atoms with E-state index in [0.29, 0.717) is 22.1 Å². The largest absolute Gasteiger partial charge is 0.508 e. The summed E-state index contributed by atoms with van der Waals surface area (Å²) in [6, 6.07) is 9.32. The number of nitrogens with zero attached hydrogens (tertiary/aromatic N) is 2. The molecule has 22 heavy (non-hydrogen) atoms. The maximum Gasteiger partial charge on any atom is 0.276 e. The number of aromatic hydroxyl groups is 2. The van der Waals surface area contributed by atoms with E-state index in [0.717, 1.165) is 0 Å². The van der Waals surface area contributed by atoms with Gasteiger partial charge in [0.1, 0.15) is 17.2 Å². The molecule has 3 aromatic rings. The second kappa shape index (κ2) is 5.82. The molecule has 1 aromatic carbocycles. The van der Waals surface area contributed by atoms with Gasteiger partial charge in [-0.15, -0.1) is 11.3 Å². The van der Waals surface area contributed by atoms with E-state index < -0.39 is 0 Å². The molecule has 0 radical (unpaired) electrons. The number of amides is 1. The fourth-order valence-corrected chi connectivity index (χ4v) is 2.56. The van der Waals surface area contributed by atoms with Crippen LogP contribution in [0.25, 0.3) is 11.3 Å². The average molecular weight is 313 g/mol. The molecule has 3 rings (SSSR count). The van der Waals surface area contributed by atoms with Crippen molar-refractivity contribution in [1.82, 2.24) is 9.97 Å². The molecule has 0 fully saturated rings. The fourth-order valence-electron chi connectivity index (χ4n) is 1.85. The van der Waals surface area contributed by atoms with Gasteiger partial charge in [-0.05, 0) is 24.3 Å². The van der Waals surface area contributed by atoms with Crippen LogP contribution in [0.4, 0.5) is 5.13 Å². The molecule has 0 aliphatic heterocycles. The first kappa shape index (κ1) is 14.0. The molecule has 2 heterocycles. The van der Waals surface area contributed by atoms with E-state index in [9.17, 15) is 15.0 Å². The first-order valence-corrected chi connectivity index (χ1v) is 7.22. The predicted molar refractivity (Wildman–Crippen MR) is 83.1 cm³/mol. The van der Waals surface area contributed by atoms with Crippen molar-refractivity contribution < 1.29 is 15.0 Å². The molecular weight excluding hydrogens is 302 g/mol. The Hall–Kier alpha value is -2.93. The van der Waals surface area contributed by atoms with Crippen molar-refractivity contribution in [2.75, 3.05) is 5.32 Å². The maximum atomic E-state index is 12.0. The number of aromatic nitrogens is 2. The number of phenolic OH excluding ortho intramolecular Hbond substituents is 2. The number of anilines is 1. The number of carbonyl (C=O) groups excluding carboxylic acids is 1. The second-order valence-electron chi connectivity index (χ2n) is 4.41. The number of phenols is 2. The molecule has 1 amide bonds. The van der Waals surface area contributed by atoms with Gasteiger partial charge in [-0.25, -0.2) is 4.98 Å². The highest BCUT2D eigenvalue weighted by molar-refractivity contribution is 7.14. The Morgan fingerprint density at radius 3 is 2.77 bits per heavy atom. The SMILES string of the molecule is O=C(Nc1nc(-c2ccc(O)cc2O)cs1)c1ccccn1. The highest BCUT2D eigenvalue weighted by Gasteiger charge is 2.12. The Balaban J connectivity index is 1.81. The van der Waals surface area contributed by atoms with E-state index in [4.69, 9.17) is 0 Å². The van der Waals surface area contributed by atoms with Gasteiger partial charge in [0, 0.05) is 23.2 Å². The Bertz CT molecular complexity index is 818. The van der Waals surface area contributed by atoms with Gasteiger partial charge in [0.15, 0.2) is 5.13 Å². The van der Waals surface area contributed by atoms with E-state index in [-0.39, 0.29) is 17.4 Å². The average Bonchev–Trinajstić information content (AvgIpc) is 2.96. The van der Waals surface area contributed by atoms with Gasteiger partial charge < -0.3 is 10.2 Å². The van der Waals surface area contributed by atoms with Crippen molar-refractivity contribution in [3.8, 4) is 22.8 Å². The third-order valence-corrected chi connectivity index (χ3v) is 3.64. The fraction of sp³-hybridized carbons (Fsp3) is 0. The molecular formula is C15H11N3O3S. The molecule has 0 atom stereocenters. The van der Waals surface area contributed by atoms with E-state index in [1.807, 2.05) is 0 Å². The van der Waals surface area contributed by atoms with Gasteiger partial charge in [-0.2, -0.15) is 0 Å². The molecule has 2 aromatic heterocycles. The van der Waals surface area contributed by atoms with Crippen LogP contribution in [-0.2, 0) is 0 Å². The minimum absolute atomic E-state index is 0.0276. The number of hydrogen-bond acceptors (Lipinski definition) is 6. The molecule has 0 aliphatic carbocycles. The minimum Gasteiger partial charge on any atom is -0.508 e. The van der Waals surface area contributed by atoms with Crippen molar-refractivity contribution in [2.24, 2.45) is 0 Å². The van der Waals surface area contributed by atoms with Crippen LogP contribution in [0.1, 0.15) is 10.5 Å². The summed E-state index contributed by atoms with van der Waals surface area (Å²) >= 11 is 1.24. The van der Waals surface area contributed by atoms with E-state index in [1.54, 1.807) is 29.6 Å². The molecule has 0 spiro atoms. The lowest BCUT2D eigenvalue weighted by molar-refractivity contribution is 0.102. The smallest absolute Gasteiger partial charge is 0.276 e. The number of nitrogens with one attached hydrogen (secondary N) is 1. The third kappa shape index (κ3) is 2.89. The van der Waals surface area contributed by atoms with Crippen LogP contribution in [-0.4, -0.2) is 26.1 Å². The van der Waals surface area contributed by atoms with Gasteiger partial charge in [-0.3, -0.25) is 15.1 Å². The van der Waals surface area contributed by atoms with Crippen LogP contribution in [0.3, 0.4) is 0 Å². The monoisotopic (exact) mass is 313 g/mol. The summed E-state index contributed by atoms with van der Waals surface area (Å²) in [6.07, 6.45) is 1.54. The third-order valence-electron chi connectivity index (χ3n) is 2.88. The molecule has 0 saturated heterocycles. The Kier molecular flexibility index (Phi) is 3.71. The Morgan fingerprint density at radius 2 is 2.05 bits per heavy atom. The van der Waals surface area contributed by atoms with Crippen molar-refractivity contribution in [2.45, 2.75) is 0 Å². The van der Waals surface area contributed by atoms with Crippen molar-refractivity contribution in [3.05, 3.63) is 53.7 Å². The number of thiazole rings is 1. The van der Waals surface area contributed by atoms with Crippen molar-refractivity contribution in [3.63, 3.8) is 0 Å². The van der Waals surface area contributed by atoms with E-state index in [1.165, 1.54) is 29.7 Å². The summed E-state index contributed by atoms with van der Waals surface area (Å²) in [7, 11) is 0. The van der Waals surface area contributed by atoms with Gasteiger partial charge in [0.2, 0.25) is 0 Å². The van der Waals surface area contributed by atoms with Crippen molar-refractivity contribution >= 4 is 22.4 Å². The first-order valence-electron chi connectivity index (χ1n) is 6.34. The normalized spacial score (nSPS) is 10.4. The highest BCUT2D eigenvalue weighted by atomic mass is 32.1. The lowest BCUT2D eigenvalue weighted by atomic mass is 10.1. The number of carbonyl (C=O) groups is 1. The highest BCUT2D eigenvalue weighted by Crippen LogP contribution is 2.33. The topological polar surface area (TPSA) is 95.3 Å². The zero-order valence-electron chi connectivity index (χ0n) is 11.2. The van der Waals surface area contributed by atoms with Crippen LogP contribution in [0.15, 0.2) is 48.0 Å². The van der Waals surface area contributed by atoms with Gasteiger partial charge in [0.25, 0.3) is 5.91 Å². The quantitative estimate of drug-likeness (QED) is 0.691. The summed E-state index contributed by atoms with van der Waals surface area (Å²) in [5, 5.41) is 23.9. The molecule has 0 unspecified atom stereocenters. The van der Waals surface area contributed by atoms with Gasteiger partial charge in [-0.1, -0.05) is 6.07 Å². The lowest BCUT2D eigenvalue weighted by Gasteiger charge is -2.02. The molecule has 0 aliphatic rings. The predicted octanol–water partition coefficient (Wildman–Crippen LogP) is 2.87. The van der Waals surface area contributed by atoms with Crippen LogP contribution in [0.5, 0.6) is 11.5 Å². The van der Waals surface area contributed by atoms with Crippen LogP contribution in [0, 0.1) is 0 Å². The minimum atomic E-state index is -0.351. The van der Waals surface area contributed by atoms with Crippen molar-refractivity contribution in [1.29, 1.82) is 0 Å². The summed E-state index contributed by atoms with van der Waals surface area (Å²) in [5.74, 6) is -0.454. The van der Waals surface area contributed by atoms with Crippen LogP contribution < -0.4 is 5.32 Å². The molecule has 0 bridgehead atoms. The summed E-state index contributed by atoms with van der Waals surface area (Å²) in [4.78, 5) is 20.2. The molecule has 7 heteroatoms. The zero-order chi connectivity index (χ0) is 15.5. The molecule has 110 valence electrons. The molecule has 3 N–H and O–H groups in total. The zero-order valence-corrected chi connectivity index (χ0v) is 12.0. The summed E-state index contributed by atoms with van der Waals surface area (Å²) in [5.41, 5.74) is 1.29. The van der Waals surface area contributed by atoms with E-state index >= 15 is 0 Å². The maximum absolute atomic E-state index is 12.0. The lowest BCUT2D eigenvalue weighted by Crippen LogP contribution is -2.13.